The maximum absolute atomic E-state index is 12.7. The average Bonchev–Trinajstić information content (AvgIpc) is 2.61. The molecule has 0 radical (unpaired) electrons. The van der Waals surface area contributed by atoms with Gasteiger partial charge in [0.05, 0.1) is 0 Å². The molecular weight excluding hydrogens is 284 g/mol. The fourth-order valence-electron chi connectivity index (χ4n) is 2.51. The summed E-state index contributed by atoms with van der Waals surface area (Å²) in [5, 5.41) is 0. The molecule has 2 aromatic rings. The Morgan fingerprint density at radius 1 is 1.04 bits per heavy atom. The van der Waals surface area contributed by atoms with Crippen molar-refractivity contribution in [2.45, 2.75) is 46.7 Å². The van der Waals surface area contributed by atoms with Gasteiger partial charge < -0.3 is 4.90 Å². The van der Waals surface area contributed by atoms with Gasteiger partial charge in [-0.25, -0.2) is 0 Å². The standard InChI is InChI=1S/C20H26N2O/c1-4-16(3)20(23)22(15-19-7-6-12-21-13-19)14-18-10-8-17(5-2)9-11-18/h6-13,16H,4-5,14-15H2,1-3H3. The van der Waals surface area contributed by atoms with E-state index in [0.29, 0.717) is 13.1 Å². The SMILES string of the molecule is CCc1ccc(CN(Cc2cccnc2)C(=O)C(C)CC)cc1. The molecule has 0 aliphatic carbocycles. The highest BCUT2D eigenvalue weighted by atomic mass is 16.2. The van der Waals surface area contributed by atoms with E-state index in [-0.39, 0.29) is 11.8 Å². The van der Waals surface area contributed by atoms with Crippen molar-refractivity contribution in [1.82, 2.24) is 9.88 Å². The molecule has 122 valence electrons. The first-order valence-electron chi connectivity index (χ1n) is 8.39. The van der Waals surface area contributed by atoms with E-state index in [1.807, 2.05) is 30.2 Å². The molecule has 0 aliphatic heterocycles. The van der Waals surface area contributed by atoms with Crippen molar-refractivity contribution in [3.63, 3.8) is 0 Å². The van der Waals surface area contributed by atoms with Crippen LogP contribution in [0.15, 0.2) is 48.8 Å². The first kappa shape index (κ1) is 17.2. The number of pyridine rings is 1. The molecule has 0 bridgehead atoms. The predicted octanol–water partition coefficient (Wildman–Crippen LogP) is 4.22. The van der Waals surface area contributed by atoms with E-state index in [1.54, 1.807) is 6.20 Å². The number of aromatic nitrogens is 1. The number of rotatable bonds is 7. The molecule has 0 N–H and O–H groups in total. The topological polar surface area (TPSA) is 33.2 Å². The molecule has 3 heteroatoms. The molecule has 23 heavy (non-hydrogen) atoms. The summed E-state index contributed by atoms with van der Waals surface area (Å²) in [6.45, 7) is 7.45. The summed E-state index contributed by atoms with van der Waals surface area (Å²) in [5.41, 5.74) is 3.55. The Kier molecular flexibility index (Phi) is 6.33. The molecule has 0 spiro atoms. The zero-order valence-electron chi connectivity index (χ0n) is 14.3. The van der Waals surface area contributed by atoms with Crippen LogP contribution in [0.3, 0.4) is 0 Å². The predicted molar refractivity (Wildman–Crippen MR) is 93.8 cm³/mol. The maximum atomic E-state index is 12.7. The first-order valence-corrected chi connectivity index (χ1v) is 8.39. The molecule has 3 nitrogen and oxygen atoms in total. The van der Waals surface area contributed by atoms with E-state index in [4.69, 9.17) is 0 Å². The maximum Gasteiger partial charge on any atom is 0.225 e. The van der Waals surface area contributed by atoms with Gasteiger partial charge in [-0.05, 0) is 35.6 Å². The highest BCUT2D eigenvalue weighted by Crippen LogP contribution is 2.15. The van der Waals surface area contributed by atoms with Gasteiger partial charge in [0, 0.05) is 31.4 Å². The van der Waals surface area contributed by atoms with Gasteiger partial charge in [0.25, 0.3) is 0 Å². The molecule has 0 saturated heterocycles. The molecule has 1 unspecified atom stereocenters. The third-order valence-corrected chi connectivity index (χ3v) is 4.25. The van der Waals surface area contributed by atoms with Gasteiger partial charge in [-0.1, -0.05) is 51.1 Å². The summed E-state index contributed by atoms with van der Waals surface area (Å²) in [4.78, 5) is 18.8. The lowest BCUT2D eigenvalue weighted by atomic mass is 10.1. The minimum Gasteiger partial charge on any atom is -0.334 e. The Morgan fingerprint density at radius 2 is 1.70 bits per heavy atom. The van der Waals surface area contributed by atoms with Crippen LogP contribution in [0.1, 0.15) is 43.9 Å². The summed E-state index contributed by atoms with van der Waals surface area (Å²) in [5.74, 6) is 0.248. The van der Waals surface area contributed by atoms with Crippen LogP contribution in [-0.4, -0.2) is 15.8 Å². The molecule has 1 heterocycles. The first-order chi connectivity index (χ1) is 11.1. The second-order valence-corrected chi connectivity index (χ2v) is 6.03. The fraction of sp³-hybridized carbons (Fsp3) is 0.400. The van der Waals surface area contributed by atoms with Gasteiger partial charge in [0.1, 0.15) is 0 Å². The molecular formula is C20H26N2O. The van der Waals surface area contributed by atoms with Crippen LogP contribution < -0.4 is 0 Å². The summed E-state index contributed by atoms with van der Waals surface area (Å²) in [6, 6.07) is 12.5. The number of carbonyl (C=O) groups is 1. The van der Waals surface area contributed by atoms with Gasteiger partial charge in [-0.2, -0.15) is 0 Å². The number of carbonyl (C=O) groups excluding carboxylic acids is 1. The monoisotopic (exact) mass is 310 g/mol. The minimum absolute atomic E-state index is 0.0431. The lowest BCUT2D eigenvalue weighted by Gasteiger charge is -2.26. The Bertz CT molecular complexity index is 607. The van der Waals surface area contributed by atoms with Gasteiger partial charge in [0.2, 0.25) is 5.91 Å². The fourth-order valence-corrected chi connectivity index (χ4v) is 2.51. The molecule has 1 amide bonds. The molecule has 1 aromatic heterocycles. The van der Waals surface area contributed by atoms with Crippen molar-refractivity contribution in [3.8, 4) is 0 Å². The molecule has 0 fully saturated rings. The molecule has 0 saturated carbocycles. The Labute approximate surface area is 139 Å². The van der Waals surface area contributed by atoms with E-state index in [9.17, 15) is 4.79 Å². The average molecular weight is 310 g/mol. The van der Waals surface area contributed by atoms with Crippen LogP contribution >= 0.6 is 0 Å². The smallest absolute Gasteiger partial charge is 0.225 e. The summed E-state index contributed by atoms with van der Waals surface area (Å²) in [7, 11) is 0. The van der Waals surface area contributed by atoms with Crippen molar-refractivity contribution in [2.75, 3.05) is 0 Å². The number of hydrogen-bond acceptors (Lipinski definition) is 2. The summed E-state index contributed by atoms with van der Waals surface area (Å²) >= 11 is 0. The van der Waals surface area contributed by atoms with Crippen LogP contribution in [-0.2, 0) is 24.3 Å². The number of nitrogens with zero attached hydrogens (tertiary/aromatic N) is 2. The Balaban J connectivity index is 2.16. The third-order valence-electron chi connectivity index (χ3n) is 4.25. The second kappa shape index (κ2) is 8.47. The zero-order chi connectivity index (χ0) is 16.7. The largest absolute Gasteiger partial charge is 0.334 e. The highest BCUT2D eigenvalue weighted by molar-refractivity contribution is 5.78. The van der Waals surface area contributed by atoms with E-state index in [1.165, 1.54) is 11.1 Å². The second-order valence-electron chi connectivity index (χ2n) is 6.03. The lowest BCUT2D eigenvalue weighted by Crippen LogP contribution is -2.34. The zero-order valence-corrected chi connectivity index (χ0v) is 14.3. The van der Waals surface area contributed by atoms with Crippen LogP contribution in [0, 0.1) is 5.92 Å². The van der Waals surface area contributed by atoms with Crippen molar-refractivity contribution in [3.05, 3.63) is 65.5 Å². The highest BCUT2D eigenvalue weighted by Gasteiger charge is 2.19. The number of aryl methyl sites for hydroxylation is 1. The van der Waals surface area contributed by atoms with Crippen molar-refractivity contribution in [2.24, 2.45) is 5.92 Å². The van der Waals surface area contributed by atoms with E-state index < -0.39 is 0 Å². The molecule has 0 aliphatic rings. The van der Waals surface area contributed by atoms with Gasteiger partial charge >= 0.3 is 0 Å². The molecule has 1 aromatic carbocycles. The minimum atomic E-state index is 0.0431. The normalized spacial score (nSPS) is 12.0. The quantitative estimate of drug-likeness (QED) is 0.767. The molecule has 1 atom stereocenters. The van der Waals surface area contributed by atoms with Gasteiger partial charge in [0.15, 0.2) is 0 Å². The van der Waals surface area contributed by atoms with Gasteiger partial charge in [-0.3, -0.25) is 9.78 Å². The Hall–Kier alpha value is -2.16. The van der Waals surface area contributed by atoms with E-state index >= 15 is 0 Å². The van der Waals surface area contributed by atoms with Crippen LogP contribution in [0.5, 0.6) is 0 Å². The van der Waals surface area contributed by atoms with Crippen LogP contribution in [0.4, 0.5) is 0 Å². The van der Waals surface area contributed by atoms with Crippen molar-refractivity contribution < 1.29 is 4.79 Å². The van der Waals surface area contributed by atoms with Crippen LogP contribution in [0.2, 0.25) is 0 Å². The summed E-state index contributed by atoms with van der Waals surface area (Å²) < 4.78 is 0. The summed E-state index contributed by atoms with van der Waals surface area (Å²) in [6.07, 6.45) is 5.48. The molecule has 2 rings (SSSR count). The number of benzene rings is 1. The number of amides is 1. The number of hydrogen-bond donors (Lipinski definition) is 0. The van der Waals surface area contributed by atoms with Crippen molar-refractivity contribution in [1.29, 1.82) is 0 Å². The van der Waals surface area contributed by atoms with Gasteiger partial charge in [-0.15, -0.1) is 0 Å². The lowest BCUT2D eigenvalue weighted by molar-refractivity contribution is -0.136. The van der Waals surface area contributed by atoms with Crippen LogP contribution in [0.25, 0.3) is 0 Å². The third kappa shape index (κ3) is 4.92. The van der Waals surface area contributed by atoms with Crippen molar-refractivity contribution >= 4 is 5.91 Å². The Morgan fingerprint density at radius 3 is 2.26 bits per heavy atom. The van der Waals surface area contributed by atoms with E-state index in [0.717, 1.165) is 18.4 Å². The van der Waals surface area contributed by atoms with E-state index in [2.05, 4.69) is 43.1 Å².